The first-order chi connectivity index (χ1) is 12.3. The number of benzene rings is 1. The first kappa shape index (κ1) is 18.4. The normalized spacial score (nSPS) is 20.1. The summed E-state index contributed by atoms with van der Waals surface area (Å²) in [5.41, 5.74) is 7.44. The average Bonchev–Trinajstić information content (AvgIpc) is 2.69. The van der Waals surface area contributed by atoms with E-state index >= 15 is 0 Å². The van der Waals surface area contributed by atoms with Gasteiger partial charge in [0, 0.05) is 63.0 Å². The first-order valence-corrected chi connectivity index (χ1v) is 10.6. The zero-order chi connectivity index (χ0) is 17.3. The van der Waals surface area contributed by atoms with Crippen LogP contribution in [0.3, 0.4) is 0 Å². The van der Waals surface area contributed by atoms with Gasteiger partial charge < -0.3 is 15.5 Å². The molecule has 0 atom stereocenters. The molecule has 0 unspecified atom stereocenters. The molecule has 0 spiro atoms. The minimum absolute atomic E-state index is 0.747. The molecule has 2 aliphatic rings. The van der Waals surface area contributed by atoms with E-state index < -0.39 is 0 Å². The van der Waals surface area contributed by atoms with Crippen LogP contribution in [0.15, 0.2) is 35.3 Å². The molecule has 0 aliphatic carbocycles. The third-order valence-electron chi connectivity index (χ3n) is 4.98. The van der Waals surface area contributed by atoms with Crippen molar-refractivity contribution in [2.45, 2.75) is 12.8 Å². The van der Waals surface area contributed by atoms with E-state index in [1.54, 1.807) is 0 Å². The number of guanidine groups is 1. The summed E-state index contributed by atoms with van der Waals surface area (Å²) in [5, 5.41) is 0. The first-order valence-electron chi connectivity index (χ1n) is 9.48. The second-order valence-electron chi connectivity index (χ2n) is 6.71. The molecule has 6 heteroatoms. The SMILES string of the molecule is NC(=NCCCCN1CCN(c2ccccc2)CC1)N1CCSCC1. The summed E-state index contributed by atoms with van der Waals surface area (Å²) >= 11 is 2.00. The van der Waals surface area contributed by atoms with Crippen LogP contribution < -0.4 is 10.6 Å². The predicted molar refractivity (Wildman–Crippen MR) is 110 cm³/mol. The van der Waals surface area contributed by atoms with Gasteiger partial charge in [-0.25, -0.2) is 0 Å². The molecule has 2 heterocycles. The lowest BCUT2D eigenvalue weighted by molar-refractivity contribution is 0.253. The molecular weight excluding hydrogens is 330 g/mol. The van der Waals surface area contributed by atoms with Gasteiger partial charge in [-0.05, 0) is 31.5 Å². The Morgan fingerprint density at radius 2 is 1.68 bits per heavy atom. The molecule has 1 aromatic rings. The molecule has 3 rings (SSSR count). The van der Waals surface area contributed by atoms with Crippen LogP contribution in [0.2, 0.25) is 0 Å². The molecule has 1 aromatic carbocycles. The second kappa shape index (κ2) is 9.92. The summed E-state index contributed by atoms with van der Waals surface area (Å²) in [6, 6.07) is 10.7. The molecule has 138 valence electrons. The fourth-order valence-electron chi connectivity index (χ4n) is 3.40. The van der Waals surface area contributed by atoms with Crippen molar-refractivity contribution < 1.29 is 0 Å². The summed E-state index contributed by atoms with van der Waals surface area (Å²) in [7, 11) is 0. The van der Waals surface area contributed by atoms with Crippen molar-refractivity contribution in [1.29, 1.82) is 0 Å². The summed E-state index contributed by atoms with van der Waals surface area (Å²) in [4.78, 5) is 11.9. The third kappa shape index (κ3) is 5.82. The molecule has 0 bridgehead atoms. The molecule has 0 saturated carbocycles. The van der Waals surface area contributed by atoms with Crippen molar-refractivity contribution in [2.75, 3.05) is 68.8 Å². The van der Waals surface area contributed by atoms with E-state index in [9.17, 15) is 0 Å². The lowest BCUT2D eigenvalue weighted by atomic mass is 10.2. The maximum Gasteiger partial charge on any atom is 0.191 e. The number of para-hydroxylation sites is 1. The molecule has 2 fully saturated rings. The third-order valence-corrected chi connectivity index (χ3v) is 5.93. The Kier molecular flexibility index (Phi) is 7.30. The van der Waals surface area contributed by atoms with E-state index in [1.807, 2.05) is 11.8 Å². The summed E-state index contributed by atoms with van der Waals surface area (Å²) in [5.74, 6) is 3.09. The topological polar surface area (TPSA) is 48.1 Å². The maximum atomic E-state index is 6.09. The van der Waals surface area contributed by atoms with Crippen LogP contribution in [-0.4, -0.2) is 79.6 Å². The van der Waals surface area contributed by atoms with Crippen LogP contribution >= 0.6 is 11.8 Å². The minimum Gasteiger partial charge on any atom is -0.370 e. The van der Waals surface area contributed by atoms with Crippen LogP contribution in [0.1, 0.15) is 12.8 Å². The smallest absolute Gasteiger partial charge is 0.191 e. The number of rotatable bonds is 6. The molecule has 2 saturated heterocycles. The Labute approximate surface area is 156 Å². The summed E-state index contributed by atoms with van der Waals surface area (Å²) < 4.78 is 0. The molecule has 2 N–H and O–H groups in total. The number of anilines is 1. The van der Waals surface area contributed by atoms with Crippen molar-refractivity contribution in [3.8, 4) is 0 Å². The highest BCUT2D eigenvalue weighted by Crippen LogP contribution is 2.15. The van der Waals surface area contributed by atoms with Crippen molar-refractivity contribution in [3.05, 3.63) is 30.3 Å². The zero-order valence-corrected chi connectivity index (χ0v) is 16.0. The zero-order valence-electron chi connectivity index (χ0n) is 15.1. The highest BCUT2D eigenvalue weighted by atomic mass is 32.2. The molecular formula is C19H31N5S. The summed E-state index contributed by atoms with van der Waals surface area (Å²) in [6.45, 7) is 8.71. The van der Waals surface area contributed by atoms with Gasteiger partial charge in [0.2, 0.25) is 0 Å². The van der Waals surface area contributed by atoms with Gasteiger partial charge in [-0.1, -0.05) is 18.2 Å². The standard InChI is InChI=1S/C19H31N5S/c20-19(24-14-16-25-17-15-24)21-8-4-5-9-22-10-12-23(13-11-22)18-6-2-1-3-7-18/h1-3,6-7H,4-5,8-17H2,(H2,20,21). The van der Waals surface area contributed by atoms with Crippen molar-refractivity contribution in [1.82, 2.24) is 9.80 Å². The van der Waals surface area contributed by atoms with E-state index in [1.165, 1.54) is 30.2 Å². The van der Waals surface area contributed by atoms with Gasteiger partial charge in [0.1, 0.15) is 0 Å². The van der Waals surface area contributed by atoms with Gasteiger partial charge >= 0.3 is 0 Å². The second-order valence-corrected chi connectivity index (χ2v) is 7.94. The molecule has 25 heavy (non-hydrogen) atoms. The van der Waals surface area contributed by atoms with E-state index in [0.717, 1.165) is 58.2 Å². The number of thioether (sulfide) groups is 1. The van der Waals surface area contributed by atoms with Crippen LogP contribution in [0.5, 0.6) is 0 Å². The van der Waals surface area contributed by atoms with Crippen LogP contribution in [0, 0.1) is 0 Å². The Morgan fingerprint density at radius 3 is 2.40 bits per heavy atom. The Bertz CT molecular complexity index is 522. The monoisotopic (exact) mass is 361 g/mol. The van der Waals surface area contributed by atoms with Gasteiger partial charge in [0.25, 0.3) is 0 Å². The highest BCUT2D eigenvalue weighted by Gasteiger charge is 2.16. The maximum absolute atomic E-state index is 6.09. The number of nitrogens with two attached hydrogens (primary N) is 1. The van der Waals surface area contributed by atoms with Gasteiger partial charge in [0.05, 0.1) is 0 Å². The van der Waals surface area contributed by atoms with Gasteiger partial charge in [-0.3, -0.25) is 9.89 Å². The Balaban J connectivity index is 1.29. The number of hydrogen-bond acceptors (Lipinski definition) is 4. The largest absolute Gasteiger partial charge is 0.370 e. The average molecular weight is 362 g/mol. The van der Waals surface area contributed by atoms with E-state index in [0.29, 0.717) is 0 Å². The number of nitrogens with zero attached hydrogens (tertiary/aromatic N) is 4. The van der Waals surface area contributed by atoms with E-state index in [-0.39, 0.29) is 0 Å². The summed E-state index contributed by atoms with van der Waals surface area (Å²) in [6.07, 6.45) is 2.33. The highest BCUT2D eigenvalue weighted by molar-refractivity contribution is 7.99. The number of unbranched alkanes of at least 4 members (excludes halogenated alkanes) is 1. The van der Waals surface area contributed by atoms with Crippen molar-refractivity contribution >= 4 is 23.4 Å². The quantitative estimate of drug-likeness (QED) is 0.477. The van der Waals surface area contributed by atoms with Crippen molar-refractivity contribution in [3.63, 3.8) is 0 Å². The molecule has 5 nitrogen and oxygen atoms in total. The fraction of sp³-hybridized carbons (Fsp3) is 0.632. The van der Waals surface area contributed by atoms with Crippen molar-refractivity contribution in [2.24, 2.45) is 10.7 Å². The number of hydrogen-bond donors (Lipinski definition) is 1. The van der Waals surface area contributed by atoms with E-state index in [2.05, 4.69) is 50.0 Å². The van der Waals surface area contributed by atoms with Gasteiger partial charge in [0.15, 0.2) is 5.96 Å². The Morgan fingerprint density at radius 1 is 0.960 bits per heavy atom. The molecule has 0 amide bonds. The number of aliphatic imine (C=N–C) groups is 1. The fourth-order valence-corrected chi connectivity index (χ4v) is 4.30. The molecule has 2 aliphatic heterocycles. The van der Waals surface area contributed by atoms with Crippen LogP contribution in [0.4, 0.5) is 5.69 Å². The van der Waals surface area contributed by atoms with E-state index in [4.69, 9.17) is 5.73 Å². The van der Waals surface area contributed by atoms with Gasteiger partial charge in [-0.2, -0.15) is 11.8 Å². The Hall–Kier alpha value is -1.40. The molecule has 0 aromatic heterocycles. The van der Waals surface area contributed by atoms with Crippen LogP contribution in [-0.2, 0) is 0 Å². The van der Waals surface area contributed by atoms with Crippen LogP contribution in [0.25, 0.3) is 0 Å². The predicted octanol–water partition coefficient (Wildman–Crippen LogP) is 1.95. The lowest BCUT2D eigenvalue weighted by Crippen LogP contribution is -2.46. The van der Waals surface area contributed by atoms with Gasteiger partial charge in [-0.15, -0.1) is 0 Å². The lowest BCUT2D eigenvalue weighted by Gasteiger charge is -2.36. The minimum atomic E-state index is 0.747. The number of piperazine rings is 1. The molecule has 0 radical (unpaired) electrons.